The smallest absolute Gasteiger partial charge is 0.0617 e. The average molecular weight is 173 g/mol. The van der Waals surface area contributed by atoms with Crippen molar-refractivity contribution in [3.05, 3.63) is 0 Å². The van der Waals surface area contributed by atoms with Crippen LogP contribution in [0, 0.1) is 11.8 Å². The van der Waals surface area contributed by atoms with Crippen molar-refractivity contribution < 1.29 is 4.74 Å². The Bertz CT molecular complexity index is 102. The van der Waals surface area contributed by atoms with Gasteiger partial charge in [0.2, 0.25) is 0 Å². The van der Waals surface area contributed by atoms with Crippen molar-refractivity contribution >= 4 is 0 Å². The van der Waals surface area contributed by atoms with Gasteiger partial charge in [0.05, 0.1) is 6.61 Å². The lowest BCUT2D eigenvalue weighted by atomic mass is 10.1. The third-order valence-electron chi connectivity index (χ3n) is 1.56. The molecule has 2 heteroatoms. The zero-order chi connectivity index (χ0) is 9.56. The molecule has 2 nitrogen and oxygen atoms in total. The third-order valence-corrected chi connectivity index (χ3v) is 1.56. The van der Waals surface area contributed by atoms with Gasteiger partial charge in [0.15, 0.2) is 0 Å². The molecule has 0 amide bonds. The quantitative estimate of drug-likeness (QED) is 0.667. The Labute approximate surface area is 76.5 Å². The molecule has 0 radical (unpaired) electrons. The van der Waals surface area contributed by atoms with Crippen LogP contribution in [0.2, 0.25) is 0 Å². The molecule has 0 saturated heterocycles. The minimum atomic E-state index is 0.212. The predicted octanol–water partition coefficient (Wildman–Crippen LogP) is 2.03. The van der Waals surface area contributed by atoms with Crippen LogP contribution in [0.3, 0.4) is 0 Å². The van der Waals surface area contributed by atoms with Crippen molar-refractivity contribution in [2.24, 2.45) is 17.6 Å². The van der Waals surface area contributed by atoms with Crippen LogP contribution in [0.1, 0.15) is 34.1 Å². The summed E-state index contributed by atoms with van der Waals surface area (Å²) in [6.45, 7) is 10.2. The second kappa shape index (κ2) is 6.44. The second-order valence-electron chi connectivity index (χ2n) is 4.32. The second-order valence-corrected chi connectivity index (χ2v) is 4.32. The number of hydrogen-bond donors (Lipinski definition) is 1. The summed E-state index contributed by atoms with van der Waals surface area (Å²) >= 11 is 0. The molecule has 0 rings (SSSR count). The van der Waals surface area contributed by atoms with Crippen molar-refractivity contribution in [2.45, 2.75) is 40.2 Å². The summed E-state index contributed by atoms with van der Waals surface area (Å²) in [5.74, 6) is 1.28. The van der Waals surface area contributed by atoms with Crippen LogP contribution in [0.25, 0.3) is 0 Å². The van der Waals surface area contributed by atoms with E-state index in [-0.39, 0.29) is 6.04 Å². The summed E-state index contributed by atoms with van der Waals surface area (Å²) in [5, 5.41) is 0. The molecule has 12 heavy (non-hydrogen) atoms. The van der Waals surface area contributed by atoms with Crippen LogP contribution < -0.4 is 5.73 Å². The molecule has 0 aliphatic heterocycles. The lowest BCUT2D eigenvalue weighted by molar-refractivity contribution is 0.0940. The van der Waals surface area contributed by atoms with Gasteiger partial charge in [-0.15, -0.1) is 0 Å². The highest BCUT2D eigenvalue weighted by Gasteiger charge is 2.05. The molecule has 0 saturated carbocycles. The minimum Gasteiger partial charge on any atom is -0.380 e. The molecule has 0 aromatic rings. The Hall–Kier alpha value is -0.0800. The molecule has 1 unspecified atom stereocenters. The van der Waals surface area contributed by atoms with Gasteiger partial charge in [-0.1, -0.05) is 27.7 Å². The topological polar surface area (TPSA) is 35.2 Å². The van der Waals surface area contributed by atoms with Gasteiger partial charge < -0.3 is 10.5 Å². The molecule has 0 heterocycles. The van der Waals surface area contributed by atoms with Gasteiger partial charge in [-0.05, 0) is 18.3 Å². The van der Waals surface area contributed by atoms with E-state index >= 15 is 0 Å². The highest BCUT2D eigenvalue weighted by atomic mass is 16.5. The monoisotopic (exact) mass is 173 g/mol. The number of rotatable bonds is 6. The average Bonchev–Trinajstić information content (AvgIpc) is 1.84. The van der Waals surface area contributed by atoms with E-state index in [9.17, 15) is 0 Å². The first-order valence-corrected chi connectivity index (χ1v) is 4.85. The van der Waals surface area contributed by atoms with Gasteiger partial charge in [-0.25, -0.2) is 0 Å². The Morgan fingerprint density at radius 1 is 1.00 bits per heavy atom. The van der Waals surface area contributed by atoms with Crippen molar-refractivity contribution in [1.29, 1.82) is 0 Å². The van der Waals surface area contributed by atoms with Crippen molar-refractivity contribution in [2.75, 3.05) is 13.2 Å². The summed E-state index contributed by atoms with van der Waals surface area (Å²) in [6, 6.07) is 0.212. The van der Waals surface area contributed by atoms with Crippen LogP contribution in [-0.4, -0.2) is 19.3 Å². The zero-order valence-corrected chi connectivity index (χ0v) is 8.84. The number of nitrogens with two attached hydrogens (primary N) is 1. The molecule has 1 atom stereocenters. The molecule has 0 aromatic carbocycles. The number of hydrogen-bond acceptors (Lipinski definition) is 2. The normalized spacial score (nSPS) is 14.2. The molecular weight excluding hydrogens is 150 g/mol. The van der Waals surface area contributed by atoms with E-state index in [1.807, 2.05) is 0 Å². The fraction of sp³-hybridized carbons (Fsp3) is 1.00. The van der Waals surface area contributed by atoms with Gasteiger partial charge in [0, 0.05) is 12.6 Å². The van der Waals surface area contributed by atoms with Gasteiger partial charge in [0.25, 0.3) is 0 Å². The Morgan fingerprint density at radius 2 is 1.58 bits per heavy atom. The Balaban J connectivity index is 3.25. The van der Waals surface area contributed by atoms with E-state index < -0.39 is 0 Å². The van der Waals surface area contributed by atoms with Gasteiger partial charge in [-0.2, -0.15) is 0 Å². The van der Waals surface area contributed by atoms with Crippen LogP contribution in [-0.2, 0) is 4.74 Å². The van der Waals surface area contributed by atoms with Gasteiger partial charge >= 0.3 is 0 Å². The van der Waals surface area contributed by atoms with E-state index in [0.29, 0.717) is 18.4 Å². The van der Waals surface area contributed by atoms with Crippen LogP contribution in [0.4, 0.5) is 0 Å². The molecular formula is C10H23NO. The zero-order valence-electron chi connectivity index (χ0n) is 8.84. The summed E-state index contributed by atoms with van der Waals surface area (Å²) in [4.78, 5) is 0. The molecule has 0 fully saturated rings. The highest BCUT2D eigenvalue weighted by molar-refractivity contribution is 4.62. The highest BCUT2D eigenvalue weighted by Crippen LogP contribution is 2.03. The molecule has 0 aliphatic carbocycles. The fourth-order valence-electron chi connectivity index (χ4n) is 1.13. The SMILES string of the molecule is CC(C)COCC(N)CC(C)C. The van der Waals surface area contributed by atoms with Crippen LogP contribution in [0.5, 0.6) is 0 Å². The van der Waals surface area contributed by atoms with E-state index in [0.717, 1.165) is 13.0 Å². The van der Waals surface area contributed by atoms with Gasteiger partial charge in [0.1, 0.15) is 0 Å². The van der Waals surface area contributed by atoms with Crippen LogP contribution >= 0.6 is 0 Å². The Morgan fingerprint density at radius 3 is 2.00 bits per heavy atom. The summed E-state index contributed by atoms with van der Waals surface area (Å²) < 4.78 is 5.43. The first kappa shape index (κ1) is 11.9. The van der Waals surface area contributed by atoms with E-state index in [1.165, 1.54) is 0 Å². The summed E-state index contributed by atoms with van der Waals surface area (Å²) in [6.07, 6.45) is 1.05. The molecule has 0 aliphatic rings. The molecule has 2 N–H and O–H groups in total. The fourth-order valence-corrected chi connectivity index (χ4v) is 1.13. The lowest BCUT2D eigenvalue weighted by Crippen LogP contribution is -2.28. The van der Waals surface area contributed by atoms with E-state index in [1.54, 1.807) is 0 Å². The van der Waals surface area contributed by atoms with Crippen molar-refractivity contribution in [3.63, 3.8) is 0 Å². The summed E-state index contributed by atoms with van der Waals surface area (Å²) in [7, 11) is 0. The molecule has 0 spiro atoms. The Kier molecular flexibility index (Phi) is 6.39. The molecule has 74 valence electrons. The minimum absolute atomic E-state index is 0.212. The third kappa shape index (κ3) is 8.02. The van der Waals surface area contributed by atoms with Crippen molar-refractivity contribution in [1.82, 2.24) is 0 Å². The standard InChI is InChI=1S/C10H23NO/c1-8(2)5-10(11)7-12-6-9(3)4/h8-10H,5-7,11H2,1-4H3. The molecule has 0 aromatic heterocycles. The summed E-state index contributed by atoms with van der Waals surface area (Å²) in [5.41, 5.74) is 5.84. The number of ether oxygens (including phenoxy) is 1. The van der Waals surface area contributed by atoms with E-state index in [4.69, 9.17) is 10.5 Å². The first-order chi connectivity index (χ1) is 5.52. The maximum atomic E-state index is 5.84. The van der Waals surface area contributed by atoms with Gasteiger partial charge in [-0.3, -0.25) is 0 Å². The molecule has 0 bridgehead atoms. The van der Waals surface area contributed by atoms with Crippen LogP contribution in [0.15, 0.2) is 0 Å². The largest absolute Gasteiger partial charge is 0.380 e. The maximum Gasteiger partial charge on any atom is 0.0617 e. The maximum absolute atomic E-state index is 5.84. The van der Waals surface area contributed by atoms with Crippen molar-refractivity contribution in [3.8, 4) is 0 Å². The predicted molar refractivity (Wildman–Crippen MR) is 53.1 cm³/mol. The van der Waals surface area contributed by atoms with E-state index in [2.05, 4.69) is 27.7 Å². The first-order valence-electron chi connectivity index (χ1n) is 4.85. The lowest BCUT2D eigenvalue weighted by Gasteiger charge is -2.14.